The normalized spacial score (nSPS) is 10.2. The van der Waals surface area contributed by atoms with E-state index in [-0.39, 0.29) is 19.1 Å². The minimum Gasteiger partial charge on any atom is -0.480 e. The monoisotopic (exact) mass is 295 g/mol. The Morgan fingerprint density at radius 3 is 2.85 bits per heavy atom. The van der Waals surface area contributed by atoms with E-state index >= 15 is 0 Å². The number of hydrogen-bond donors (Lipinski definition) is 3. The van der Waals surface area contributed by atoms with Crippen molar-refractivity contribution in [3.63, 3.8) is 0 Å². The van der Waals surface area contributed by atoms with Crippen LogP contribution in [0.3, 0.4) is 0 Å². The second-order valence-corrected chi connectivity index (χ2v) is 4.75. The molecule has 0 aliphatic rings. The number of hydrogen-bond acceptors (Lipinski definition) is 5. The molecule has 0 saturated heterocycles. The van der Waals surface area contributed by atoms with Crippen LogP contribution in [0.15, 0.2) is 23.0 Å². The molecule has 0 aliphatic heterocycles. The number of aliphatic carboxylic acids is 1. The summed E-state index contributed by atoms with van der Waals surface area (Å²) < 4.78 is 1.20. The molecule has 3 N–H and O–H groups in total. The molecule has 0 radical (unpaired) electrons. The molecular formula is C11H13N5O3S. The Labute approximate surface area is 118 Å². The molecule has 106 valence electrons. The lowest BCUT2D eigenvalue weighted by molar-refractivity contribution is -0.137. The van der Waals surface area contributed by atoms with Crippen molar-refractivity contribution in [3.8, 4) is 0 Å². The second kappa shape index (κ2) is 6.66. The molecule has 0 unspecified atom stereocenters. The Morgan fingerprint density at radius 1 is 1.35 bits per heavy atom. The maximum Gasteiger partial charge on any atom is 0.325 e. The van der Waals surface area contributed by atoms with Gasteiger partial charge in [0.15, 0.2) is 0 Å². The molecule has 0 saturated carbocycles. The van der Waals surface area contributed by atoms with Crippen molar-refractivity contribution in [2.45, 2.75) is 19.6 Å². The lowest BCUT2D eigenvalue weighted by Gasteiger charge is -2.04. The van der Waals surface area contributed by atoms with Gasteiger partial charge in [0.05, 0.1) is 12.7 Å². The summed E-state index contributed by atoms with van der Waals surface area (Å²) in [7, 11) is 0. The first-order chi connectivity index (χ1) is 9.63. The highest BCUT2D eigenvalue weighted by Gasteiger charge is 2.06. The molecule has 2 heterocycles. The Bertz CT molecular complexity index is 581. The largest absolute Gasteiger partial charge is 0.480 e. The Hall–Kier alpha value is -2.42. The van der Waals surface area contributed by atoms with Gasteiger partial charge in [-0.15, -0.1) is 5.10 Å². The van der Waals surface area contributed by atoms with Crippen LogP contribution in [0.25, 0.3) is 0 Å². The summed E-state index contributed by atoms with van der Waals surface area (Å²) in [6, 6.07) is 1.62. The molecule has 2 amide bonds. The third-order valence-corrected chi connectivity index (χ3v) is 3.08. The summed E-state index contributed by atoms with van der Waals surface area (Å²) in [5, 5.41) is 25.2. The summed E-state index contributed by atoms with van der Waals surface area (Å²) in [4.78, 5) is 22.0. The van der Waals surface area contributed by atoms with Crippen LogP contribution in [-0.2, 0) is 24.4 Å². The number of carbonyl (C=O) groups excluding carboxylic acids is 1. The van der Waals surface area contributed by atoms with E-state index in [0.29, 0.717) is 12.2 Å². The number of rotatable bonds is 6. The smallest absolute Gasteiger partial charge is 0.325 e. The molecular weight excluding hydrogens is 282 g/mol. The molecule has 0 aromatic carbocycles. The van der Waals surface area contributed by atoms with E-state index in [1.165, 1.54) is 10.9 Å². The van der Waals surface area contributed by atoms with Crippen molar-refractivity contribution in [2.24, 2.45) is 0 Å². The maximum atomic E-state index is 11.5. The van der Waals surface area contributed by atoms with Crippen LogP contribution in [0.5, 0.6) is 0 Å². The van der Waals surface area contributed by atoms with Crippen molar-refractivity contribution in [1.82, 2.24) is 25.6 Å². The van der Waals surface area contributed by atoms with Gasteiger partial charge in [-0.25, -0.2) is 9.48 Å². The van der Waals surface area contributed by atoms with Gasteiger partial charge >= 0.3 is 12.0 Å². The predicted octanol–water partition coefficient (Wildman–Crippen LogP) is 0.424. The highest BCUT2D eigenvalue weighted by Crippen LogP contribution is 2.04. The van der Waals surface area contributed by atoms with Crippen LogP contribution >= 0.6 is 11.3 Å². The summed E-state index contributed by atoms with van der Waals surface area (Å²) >= 11 is 1.57. The van der Waals surface area contributed by atoms with Gasteiger partial charge in [0.2, 0.25) is 0 Å². The van der Waals surface area contributed by atoms with E-state index in [1.807, 2.05) is 16.8 Å². The van der Waals surface area contributed by atoms with Gasteiger partial charge in [0.1, 0.15) is 12.2 Å². The number of carboxylic acid groups (broad SMARTS) is 1. The number of amides is 2. The first kappa shape index (κ1) is 14.0. The van der Waals surface area contributed by atoms with Crippen molar-refractivity contribution >= 4 is 23.3 Å². The Balaban J connectivity index is 1.72. The lowest BCUT2D eigenvalue weighted by atomic mass is 10.3. The summed E-state index contributed by atoms with van der Waals surface area (Å²) in [6.45, 7) is 0.396. The predicted molar refractivity (Wildman–Crippen MR) is 71.1 cm³/mol. The number of nitrogens with zero attached hydrogens (tertiary/aromatic N) is 3. The summed E-state index contributed by atoms with van der Waals surface area (Å²) in [5.41, 5.74) is 1.54. The maximum absolute atomic E-state index is 11.5. The van der Waals surface area contributed by atoms with Crippen LogP contribution in [0.4, 0.5) is 4.79 Å². The van der Waals surface area contributed by atoms with Crippen LogP contribution in [0.2, 0.25) is 0 Å². The lowest BCUT2D eigenvalue weighted by Crippen LogP contribution is -2.34. The van der Waals surface area contributed by atoms with E-state index in [0.717, 1.165) is 5.56 Å². The molecule has 2 aromatic heterocycles. The first-order valence-corrected chi connectivity index (χ1v) is 6.71. The van der Waals surface area contributed by atoms with Gasteiger partial charge < -0.3 is 15.7 Å². The number of carbonyl (C=O) groups is 2. The van der Waals surface area contributed by atoms with Gasteiger partial charge in [-0.05, 0) is 22.4 Å². The van der Waals surface area contributed by atoms with Crippen molar-refractivity contribution < 1.29 is 14.7 Å². The van der Waals surface area contributed by atoms with Crippen molar-refractivity contribution in [1.29, 1.82) is 0 Å². The van der Waals surface area contributed by atoms with Crippen LogP contribution in [-0.4, -0.2) is 32.1 Å². The van der Waals surface area contributed by atoms with E-state index in [9.17, 15) is 9.59 Å². The van der Waals surface area contributed by atoms with E-state index in [1.54, 1.807) is 11.3 Å². The molecule has 0 bridgehead atoms. The number of thiophene rings is 1. The number of aromatic nitrogens is 3. The zero-order valence-electron chi connectivity index (χ0n) is 10.4. The van der Waals surface area contributed by atoms with E-state index < -0.39 is 5.97 Å². The van der Waals surface area contributed by atoms with Crippen LogP contribution < -0.4 is 10.6 Å². The molecule has 0 spiro atoms. The Morgan fingerprint density at radius 2 is 2.15 bits per heavy atom. The number of nitrogens with one attached hydrogen (secondary N) is 2. The third-order valence-electron chi connectivity index (χ3n) is 2.35. The minimum absolute atomic E-state index is 0.190. The van der Waals surface area contributed by atoms with Gasteiger partial charge in [-0.1, -0.05) is 5.21 Å². The number of carboxylic acids is 1. The molecule has 0 fully saturated rings. The van der Waals surface area contributed by atoms with Gasteiger partial charge in [0, 0.05) is 6.54 Å². The van der Waals surface area contributed by atoms with Crippen molar-refractivity contribution in [2.75, 3.05) is 0 Å². The Kier molecular flexibility index (Phi) is 4.66. The average Bonchev–Trinajstić information content (AvgIpc) is 3.04. The molecule has 2 aromatic rings. The number of urea groups is 1. The fourth-order valence-electron chi connectivity index (χ4n) is 1.44. The fraction of sp³-hybridized carbons (Fsp3) is 0.273. The van der Waals surface area contributed by atoms with Gasteiger partial charge in [-0.3, -0.25) is 4.79 Å². The first-order valence-electron chi connectivity index (χ1n) is 5.77. The van der Waals surface area contributed by atoms with Crippen LogP contribution in [0.1, 0.15) is 11.3 Å². The van der Waals surface area contributed by atoms with E-state index in [2.05, 4.69) is 20.9 Å². The summed E-state index contributed by atoms with van der Waals surface area (Å²) in [6.07, 6.45) is 1.48. The molecule has 0 atom stereocenters. The SMILES string of the molecule is O=C(O)Cn1cc(CNC(=O)NCc2ccsc2)nn1. The second-order valence-electron chi connectivity index (χ2n) is 3.97. The molecule has 20 heavy (non-hydrogen) atoms. The van der Waals surface area contributed by atoms with Gasteiger partial charge in [0.25, 0.3) is 0 Å². The zero-order chi connectivity index (χ0) is 14.4. The fourth-order valence-corrected chi connectivity index (χ4v) is 2.11. The van der Waals surface area contributed by atoms with E-state index in [4.69, 9.17) is 5.11 Å². The highest BCUT2D eigenvalue weighted by molar-refractivity contribution is 7.07. The highest BCUT2D eigenvalue weighted by atomic mass is 32.1. The quantitative estimate of drug-likeness (QED) is 0.715. The van der Waals surface area contributed by atoms with Crippen LogP contribution in [0, 0.1) is 0 Å². The topological polar surface area (TPSA) is 109 Å². The standard InChI is InChI=1S/C11H13N5O3S/c17-10(18)6-16-5-9(14-15-16)4-13-11(19)12-3-8-1-2-20-7-8/h1-2,5,7H,3-4,6H2,(H,17,18)(H2,12,13,19). The average molecular weight is 295 g/mol. The molecule has 2 rings (SSSR count). The molecule has 9 heteroatoms. The molecule has 0 aliphatic carbocycles. The van der Waals surface area contributed by atoms with Gasteiger partial charge in [-0.2, -0.15) is 11.3 Å². The van der Waals surface area contributed by atoms with Crippen molar-refractivity contribution in [3.05, 3.63) is 34.3 Å². The third kappa shape index (κ3) is 4.35. The minimum atomic E-state index is -0.997. The molecule has 8 nitrogen and oxygen atoms in total. The zero-order valence-corrected chi connectivity index (χ0v) is 11.3. The summed E-state index contributed by atoms with van der Waals surface area (Å²) in [5.74, 6) is -0.997.